The average molecular weight is 270 g/mol. The van der Waals surface area contributed by atoms with Crippen LogP contribution in [0.15, 0.2) is 0 Å². The minimum absolute atomic E-state index is 0.0465. The number of hydrogen-bond donors (Lipinski definition) is 5. The van der Waals surface area contributed by atoms with Gasteiger partial charge < -0.3 is 29.6 Å². The van der Waals surface area contributed by atoms with Crippen LogP contribution in [0.4, 0.5) is 0 Å². The van der Waals surface area contributed by atoms with Crippen LogP contribution >= 0.6 is 7.57 Å². The molecule has 0 atom stereocenters. The summed E-state index contributed by atoms with van der Waals surface area (Å²) in [4.78, 5) is 18.6. The van der Waals surface area contributed by atoms with Crippen LogP contribution in [0.2, 0.25) is 0 Å². The van der Waals surface area contributed by atoms with Gasteiger partial charge in [0, 0.05) is 19.8 Å². The van der Waals surface area contributed by atoms with Gasteiger partial charge in [0.05, 0.1) is 5.60 Å². The fraction of sp³-hybridized carbons (Fsp3) is 0.900. The summed E-state index contributed by atoms with van der Waals surface area (Å²) < 4.78 is 5.20. The largest absolute Gasteiger partial charge is 0.396 e. The van der Waals surface area contributed by atoms with E-state index in [1.165, 1.54) is 0 Å². The molecule has 0 aliphatic carbocycles. The van der Waals surface area contributed by atoms with Crippen molar-refractivity contribution in [2.24, 2.45) is 0 Å². The van der Waals surface area contributed by atoms with Crippen molar-refractivity contribution in [1.29, 1.82) is 0 Å². The lowest BCUT2D eigenvalue weighted by atomic mass is 9.89. The topological polar surface area (TPSA) is 110 Å². The molecule has 0 saturated carbocycles. The van der Waals surface area contributed by atoms with Crippen molar-refractivity contribution in [2.45, 2.75) is 37.7 Å². The Kier molecular flexibility index (Phi) is 8.24. The molecule has 6 nitrogen and oxygen atoms in total. The fourth-order valence-corrected chi connectivity index (χ4v) is 2.72. The van der Waals surface area contributed by atoms with Gasteiger partial charge in [-0.3, -0.25) is 0 Å². The highest BCUT2D eigenvalue weighted by Crippen LogP contribution is 2.45. The first-order valence-electron chi connectivity index (χ1n) is 5.61. The molecule has 0 fully saturated rings. The number of hydrogen-bond acceptors (Lipinski definition) is 6. The van der Waals surface area contributed by atoms with E-state index in [1.807, 2.05) is 0 Å². The van der Waals surface area contributed by atoms with Crippen LogP contribution in [-0.2, 0) is 4.52 Å². The zero-order chi connectivity index (χ0) is 13.4. The van der Waals surface area contributed by atoms with Gasteiger partial charge in [-0.05, 0) is 38.4 Å². The Morgan fingerprint density at radius 2 is 1.35 bits per heavy atom. The molecule has 0 aromatic rings. The maximum atomic E-state index is 9.31. The van der Waals surface area contributed by atoms with Gasteiger partial charge in [0.1, 0.15) is 0 Å². The lowest BCUT2D eigenvalue weighted by Gasteiger charge is -2.35. The highest BCUT2D eigenvalue weighted by atomic mass is 31.2. The molecule has 0 heterocycles. The van der Waals surface area contributed by atoms with E-state index in [2.05, 4.69) is 6.30 Å². The van der Waals surface area contributed by atoms with Crippen molar-refractivity contribution >= 4 is 13.9 Å². The Hall–Kier alpha value is 0.0600. The lowest BCUT2D eigenvalue weighted by Crippen LogP contribution is -2.33. The molecule has 7 heteroatoms. The minimum Gasteiger partial charge on any atom is -0.396 e. The molecule has 0 aromatic carbocycles. The Morgan fingerprint density at radius 1 is 0.882 bits per heavy atom. The molecular formula is C10H23O6P. The van der Waals surface area contributed by atoms with Gasteiger partial charge in [-0.1, -0.05) is 0 Å². The number of aliphatic hydroxyl groups is 3. The normalized spacial score (nSPS) is 13.0. The molecule has 0 spiro atoms. The Bertz CT molecular complexity index is 231. The molecule has 0 aliphatic heterocycles. The molecule has 0 amide bonds. The molecule has 104 valence electrons. The smallest absolute Gasteiger partial charge is 0.245 e. The summed E-state index contributed by atoms with van der Waals surface area (Å²) in [6.45, 7) is -0.263. The summed E-state index contributed by atoms with van der Waals surface area (Å²) in [7, 11) is -3.67. The first-order valence-corrected chi connectivity index (χ1v) is 7.41. The molecule has 0 aliphatic rings. The summed E-state index contributed by atoms with van der Waals surface area (Å²) in [6, 6.07) is 0. The molecule has 0 bridgehead atoms. The molecule has 0 unspecified atom stereocenters. The predicted octanol–water partition coefficient (Wildman–Crippen LogP) is -0.152. The van der Waals surface area contributed by atoms with E-state index in [0.29, 0.717) is 25.7 Å². The maximum Gasteiger partial charge on any atom is 0.245 e. The van der Waals surface area contributed by atoms with Crippen molar-refractivity contribution < 1.29 is 29.6 Å². The maximum absolute atomic E-state index is 9.31. The average Bonchev–Trinajstić information content (AvgIpc) is 2.22. The third-order valence-corrected chi connectivity index (χ3v) is 3.17. The zero-order valence-electron chi connectivity index (χ0n) is 9.96. The predicted molar refractivity (Wildman–Crippen MR) is 66.6 cm³/mol. The monoisotopic (exact) mass is 270 g/mol. The van der Waals surface area contributed by atoms with E-state index < -0.39 is 13.2 Å². The van der Waals surface area contributed by atoms with Crippen LogP contribution in [0, 0.1) is 0 Å². The second-order valence-corrected chi connectivity index (χ2v) is 5.58. The van der Waals surface area contributed by atoms with Gasteiger partial charge in [0.2, 0.25) is 7.57 Å². The van der Waals surface area contributed by atoms with Crippen LogP contribution in [0.25, 0.3) is 0 Å². The van der Waals surface area contributed by atoms with Crippen molar-refractivity contribution in [1.82, 2.24) is 0 Å². The first kappa shape index (κ1) is 17.1. The standard InChI is InChI=1S/C10H23O6P/c1-17(14,15)16-10(6-9-13,4-2-7-11)5-3-8-12/h11-15H,1-9H2. The van der Waals surface area contributed by atoms with Crippen LogP contribution in [0.3, 0.4) is 0 Å². The first-order chi connectivity index (χ1) is 7.89. The van der Waals surface area contributed by atoms with E-state index in [4.69, 9.17) is 19.8 Å². The van der Waals surface area contributed by atoms with Gasteiger partial charge in [-0.15, -0.1) is 0 Å². The zero-order valence-corrected chi connectivity index (χ0v) is 10.8. The summed E-state index contributed by atoms with van der Waals surface area (Å²) in [5.41, 5.74) is -0.945. The van der Waals surface area contributed by atoms with Crippen molar-refractivity contribution in [3.8, 4) is 0 Å². The van der Waals surface area contributed by atoms with Gasteiger partial charge in [0.25, 0.3) is 0 Å². The van der Waals surface area contributed by atoms with Crippen LogP contribution < -0.4 is 0 Å². The Labute approximate surface area is 102 Å². The van der Waals surface area contributed by atoms with Gasteiger partial charge in [-0.25, -0.2) is 0 Å². The summed E-state index contributed by atoms with van der Waals surface area (Å²) in [6.07, 6.45) is 4.96. The van der Waals surface area contributed by atoms with E-state index in [-0.39, 0.29) is 26.2 Å². The van der Waals surface area contributed by atoms with Gasteiger partial charge >= 0.3 is 0 Å². The Morgan fingerprint density at radius 3 is 1.65 bits per heavy atom. The third-order valence-electron chi connectivity index (χ3n) is 2.49. The highest BCUT2D eigenvalue weighted by Gasteiger charge is 2.33. The molecule has 17 heavy (non-hydrogen) atoms. The van der Waals surface area contributed by atoms with Gasteiger partial charge in [-0.2, -0.15) is 0 Å². The summed E-state index contributed by atoms with van der Waals surface area (Å²) in [5.74, 6) is 0. The fourth-order valence-electron chi connectivity index (χ4n) is 1.83. The van der Waals surface area contributed by atoms with Crippen molar-refractivity contribution in [3.05, 3.63) is 0 Å². The van der Waals surface area contributed by atoms with E-state index in [9.17, 15) is 9.79 Å². The lowest BCUT2D eigenvalue weighted by molar-refractivity contribution is 0.00316. The highest BCUT2D eigenvalue weighted by molar-refractivity contribution is 7.57. The molecule has 0 aromatic heterocycles. The van der Waals surface area contributed by atoms with Gasteiger partial charge in [0.15, 0.2) is 0 Å². The third kappa shape index (κ3) is 7.89. The van der Waals surface area contributed by atoms with E-state index >= 15 is 0 Å². The van der Waals surface area contributed by atoms with E-state index in [1.54, 1.807) is 0 Å². The van der Waals surface area contributed by atoms with E-state index in [0.717, 1.165) is 0 Å². The van der Waals surface area contributed by atoms with Crippen LogP contribution in [0.5, 0.6) is 0 Å². The van der Waals surface area contributed by atoms with Crippen molar-refractivity contribution in [3.63, 3.8) is 0 Å². The van der Waals surface area contributed by atoms with Crippen LogP contribution in [0.1, 0.15) is 32.1 Å². The summed E-state index contributed by atoms with van der Waals surface area (Å²) in [5, 5.41) is 26.7. The number of aliphatic hydroxyl groups excluding tert-OH is 3. The van der Waals surface area contributed by atoms with Crippen LogP contribution in [-0.4, -0.2) is 56.8 Å². The molecule has 0 radical (unpaired) electrons. The minimum atomic E-state index is -3.67. The molecule has 0 saturated heterocycles. The summed E-state index contributed by atoms with van der Waals surface area (Å²) >= 11 is 0. The molecular weight excluding hydrogens is 247 g/mol. The van der Waals surface area contributed by atoms with Crippen molar-refractivity contribution in [2.75, 3.05) is 19.8 Å². The quantitative estimate of drug-likeness (QED) is 0.353. The molecule has 0 rings (SSSR count). The number of rotatable bonds is 10. The molecule has 5 N–H and O–H groups in total. The second-order valence-electron chi connectivity index (χ2n) is 4.07. The Balaban J connectivity index is 4.73. The second kappa shape index (κ2) is 8.21. The SMILES string of the molecule is C=P(O)(O)OC(CCO)(CCCO)CCCO.